The van der Waals surface area contributed by atoms with Crippen molar-refractivity contribution >= 4 is 17.2 Å². The number of rotatable bonds is 10. The molecule has 1 saturated heterocycles. The van der Waals surface area contributed by atoms with E-state index in [1.54, 1.807) is 11.3 Å². The van der Waals surface area contributed by atoms with Gasteiger partial charge in [0.1, 0.15) is 5.01 Å². The lowest BCUT2D eigenvalue weighted by molar-refractivity contribution is -0.141. The molecular weight excluding hydrogens is 534 g/mol. The molecule has 0 saturated carbocycles. The molecule has 2 heterocycles. The van der Waals surface area contributed by atoms with Crippen molar-refractivity contribution in [3.63, 3.8) is 0 Å². The smallest absolute Gasteiger partial charge is 0.223 e. The zero-order chi connectivity index (χ0) is 30.5. The molecule has 42 heavy (non-hydrogen) atoms. The van der Waals surface area contributed by atoms with Gasteiger partial charge in [-0.1, -0.05) is 136 Å². The number of piperazine rings is 1. The van der Waals surface area contributed by atoms with E-state index in [2.05, 4.69) is 125 Å². The average Bonchev–Trinajstić information content (AvgIpc) is 3.45. The Labute approximate surface area is 259 Å². The second-order valence-electron chi connectivity index (χ2n) is 14.3. The molecule has 2 aromatic carbocycles. The quantitative estimate of drug-likeness (QED) is 0.237. The minimum Gasteiger partial charge on any atom is -0.337 e. The van der Waals surface area contributed by atoms with Gasteiger partial charge in [0.2, 0.25) is 5.91 Å². The first-order valence-electron chi connectivity index (χ1n) is 16.1. The van der Waals surface area contributed by atoms with Crippen molar-refractivity contribution in [2.45, 2.75) is 105 Å². The van der Waals surface area contributed by atoms with E-state index in [9.17, 15) is 4.79 Å². The van der Waals surface area contributed by atoms with Crippen LogP contribution in [0, 0.1) is 11.3 Å². The molecule has 4 rings (SSSR count). The average molecular weight is 588 g/mol. The number of nitrogens with zero attached hydrogens (tertiary/aromatic N) is 3. The van der Waals surface area contributed by atoms with Gasteiger partial charge >= 0.3 is 0 Å². The Hall–Kier alpha value is -2.50. The second kappa shape index (κ2) is 13.9. The predicted octanol–water partition coefficient (Wildman–Crippen LogP) is 9.36. The number of amides is 1. The van der Waals surface area contributed by atoms with Crippen molar-refractivity contribution in [1.82, 2.24) is 14.8 Å². The zero-order valence-electron chi connectivity index (χ0n) is 27.3. The maximum atomic E-state index is 13.8. The second-order valence-corrected chi connectivity index (χ2v) is 15.2. The molecule has 1 fully saturated rings. The maximum absolute atomic E-state index is 13.8. The van der Waals surface area contributed by atoms with Gasteiger partial charge in [0, 0.05) is 48.5 Å². The van der Waals surface area contributed by atoms with Crippen LogP contribution in [-0.4, -0.2) is 46.4 Å². The molecule has 5 heteroatoms. The summed E-state index contributed by atoms with van der Waals surface area (Å²) in [6, 6.07) is 20.2. The summed E-state index contributed by atoms with van der Waals surface area (Å²) >= 11 is 1.73. The molecule has 1 aromatic heterocycles. The van der Waals surface area contributed by atoms with E-state index < -0.39 is 0 Å². The zero-order valence-corrected chi connectivity index (χ0v) is 28.1. The van der Waals surface area contributed by atoms with Gasteiger partial charge in [0.15, 0.2) is 0 Å². The van der Waals surface area contributed by atoms with Gasteiger partial charge in [-0.2, -0.15) is 0 Å². The number of hydrogen-bond acceptors (Lipinski definition) is 4. The van der Waals surface area contributed by atoms with E-state index in [4.69, 9.17) is 4.98 Å². The number of carbonyl (C=O) groups excluding carboxylic acids is 1. The van der Waals surface area contributed by atoms with Crippen molar-refractivity contribution in [2.75, 3.05) is 19.6 Å². The van der Waals surface area contributed by atoms with Gasteiger partial charge in [-0.3, -0.25) is 9.69 Å². The van der Waals surface area contributed by atoms with Crippen LogP contribution in [-0.2, 0) is 10.2 Å². The van der Waals surface area contributed by atoms with Crippen molar-refractivity contribution in [2.24, 2.45) is 11.3 Å². The van der Waals surface area contributed by atoms with Crippen LogP contribution in [0.25, 0.3) is 10.6 Å². The molecule has 1 unspecified atom stereocenters. The lowest BCUT2D eigenvalue weighted by atomic mass is 9.82. The third kappa shape index (κ3) is 7.90. The van der Waals surface area contributed by atoms with Crippen LogP contribution in [0.4, 0.5) is 0 Å². The van der Waals surface area contributed by atoms with Gasteiger partial charge in [-0.15, -0.1) is 11.3 Å². The van der Waals surface area contributed by atoms with E-state index in [1.807, 2.05) is 0 Å². The number of thiazole rings is 1. The summed E-state index contributed by atoms with van der Waals surface area (Å²) < 4.78 is 0. The minimum absolute atomic E-state index is 0.0139. The number of benzene rings is 2. The Balaban J connectivity index is 1.60. The molecule has 228 valence electrons. The predicted molar refractivity (Wildman–Crippen MR) is 179 cm³/mol. The van der Waals surface area contributed by atoms with Gasteiger partial charge in [0.25, 0.3) is 0 Å². The molecule has 0 N–H and O–H groups in total. The SMILES string of the molecule is CCCC(CCC)CC(=O)N1CCN(C(c2ccccc2)c2ccc(-c3nc(C(C)(C)C)cs3)cc2)C[C@@H]1C(C)(C)C. The van der Waals surface area contributed by atoms with Crippen molar-refractivity contribution in [3.05, 3.63) is 76.8 Å². The van der Waals surface area contributed by atoms with Crippen LogP contribution < -0.4 is 0 Å². The van der Waals surface area contributed by atoms with Crippen LogP contribution in [0.1, 0.15) is 110 Å². The first-order chi connectivity index (χ1) is 19.9. The Bertz CT molecular complexity index is 1260. The summed E-state index contributed by atoms with van der Waals surface area (Å²) in [7, 11) is 0. The third-order valence-corrected chi connectivity index (χ3v) is 9.71. The Morgan fingerprint density at radius 2 is 1.52 bits per heavy atom. The molecule has 1 aliphatic rings. The Kier molecular flexibility index (Phi) is 10.7. The molecule has 2 atom stereocenters. The molecular formula is C37H53N3OS. The molecule has 1 aliphatic heterocycles. The number of aromatic nitrogens is 1. The van der Waals surface area contributed by atoms with E-state index in [-0.39, 0.29) is 22.9 Å². The van der Waals surface area contributed by atoms with Crippen molar-refractivity contribution in [3.8, 4) is 10.6 Å². The Morgan fingerprint density at radius 1 is 0.905 bits per heavy atom. The normalized spacial score (nSPS) is 17.5. The highest BCUT2D eigenvalue weighted by Crippen LogP contribution is 2.37. The highest BCUT2D eigenvalue weighted by atomic mass is 32.1. The highest BCUT2D eigenvalue weighted by Gasteiger charge is 2.40. The summed E-state index contributed by atoms with van der Waals surface area (Å²) in [6.07, 6.45) is 5.26. The molecule has 4 nitrogen and oxygen atoms in total. The fourth-order valence-electron chi connectivity index (χ4n) is 6.42. The lowest BCUT2D eigenvalue weighted by Gasteiger charge is -2.49. The van der Waals surface area contributed by atoms with Crippen LogP contribution in [0.15, 0.2) is 60.0 Å². The Morgan fingerprint density at radius 3 is 2.07 bits per heavy atom. The van der Waals surface area contributed by atoms with E-state index >= 15 is 0 Å². The largest absolute Gasteiger partial charge is 0.337 e. The van der Waals surface area contributed by atoms with E-state index in [0.717, 1.165) is 56.0 Å². The summed E-state index contributed by atoms with van der Waals surface area (Å²) in [5.41, 5.74) is 4.93. The van der Waals surface area contributed by atoms with Crippen LogP contribution in [0.3, 0.4) is 0 Å². The minimum atomic E-state index is -0.0139. The van der Waals surface area contributed by atoms with Crippen molar-refractivity contribution < 1.29 is 4.79 Å². The van der Waals surface area contributed by atoms with E-state index in [1.165, 1.54) is 16.7 Å². The molecule has 0 bridgehead atoms. The molecule has 0 aliphatic carbocycles. The van der Waals surface area contributed by atoms with Gasteiger partial charge in [-0.25, -0.2) is 4.98 Å². The fourth-order valence-corrected chi connectivity index (χ4v) is 7.47. The van der Waals surface area contributed by atoms with Crippen molar-refractivity contribution in [1.29, 1.82) is 0 Å². The summed E-state index contributed by atoms with van der Waals surface area (Å²) in [6.45, 7) is 20.5. The monoisotopic (exact) mass is 587 g/mol. The van der Waals surface area contributed by atoms with Gasteiger partial charge < -0.3 is 4.90 Å². The highest BCUT2D eigenvalue weighted by molar-refractivity contribution is 7.13. The summed E-state index contributed by atoms with van der Waals surface area (Å²) in [5, 5.41) is 3.27. The maximum Gasteiger partial charge on any atom is 0.223 e. The summed E-state index contributed by atoms with van der Waals surface area (Å²) in [5.74, 6) is 0.846. The molecule has 0 spiro atoms. The standard InChI is InChI=1S/C37H53N3OS/c1-9-14-27(15-10-2)24-33(41)40-23-22-39(25-32(40)37(6,7)8)34(28-16-12-11-13-17-28)29-18-20-30(21-19-29)35-38-31(26-42-35)36(3,4)5/h11-13,16-21,26-27,32,34H,9-10,14-15,22-25H2,1-8H3/t32-,34?/m1/s1. The van der Waals surface area contributed by atoms with Crippen LogP contribution >= 0.6 is 11.3 Å². The lowest BCUT2D eigenvalue weighted by Crippen LogP contribution is -2.60. The van der Waals surface area contributed by atoms with Gasteiger partial charge in [-0.05, 0) is 22.5 Å². The van der Waals surface area contributed by atoms with Crippen LogP contribution in [0.2, 0.25) is 0 Å². The first kappa shape index (κ1) is 32.4. The fraction of sp³-hybridized carbons (Fsp3) is 0.568. The number of hydrogen-bond donors (Lipinski definition) is 0. The number of carbonyl (C=O) groups is 1. The van der Waals surface area contributed by atoms with Crippen LogP contribution in [0.5, 0.6) is 0 Å². The first-order valence-corrected chi connectivity index (χ1v) is 16.9. The molecule has 1 amide bonds. The third-order valence-electron chi connectivity index (χ3n) is 8.82. The van der Waals surface area contributed by atoms with Gasteiger partial charge in [0.05, 0.1) is 11.7 Å². The van der Waals surface area contributed by atoms with E-state index in [0.29, 0.717) is 18.2 Å². The topological polar surface area (TPSA) is 36.4 Å². The summed E-state index contributed by atoms with van der Waals surface area (Å²) in [4.78, 5) is 23.6. The molecule has 3 aromatic rings. The molecule has 0 radical (unpaired) electrons.